The number of benzene rings is 5. The van der Waals surface area contributed by atoms with Gasteiger partial charge >= 0.3 is 0 Å². The molecule has 2 unspecified atom stereocenters. The summed E-state index contributed by atoms with van der Waals surface area (Å²) in [6.45, 7) is 7.08. The molecule has 0 radical (unpaired) electrons. The van der Waals surface area contributed by atoms with E-state index in [1.165, 1.54) is 48.5 Å². The second kappa shape index (κ2) is 16.7. The van der Waals surface area contributed by atoms with Crippen molar-refractivity contribution < 1.29 is 40.3 Å². The highest BCUT2D eigenvalue weighted by atomic mass is 32.2. The maximum absolute atomic E-state index is 13.3. The highest BCUT2D eigenvalue weighted by Gasteiger charge is 2.36. The van der Waals surface area contributed by atoms with Crippen LogP contribution in [0.2, 0.25) is 0 Å². The van der Waals surface area contributed by atoms with Crippen LogP contribution in [0.5, 0.6) is 5.75 Å². The van der Waals surface area contributed by atoms with Gasteiger partial charge in [0.05, 0.1) is 51.1 Å². The highest BCUT2D eigenvalue weighted by Crippen LogP contribution is 2.37. The van der Waals surface area contributed by atoms with Gasteiger partial charge in [0.25, 0.3) is 32.1 Å². The Balaban J connectivity index is 1.11. The molecule has 2 atom stereocenters. The summed E-state index contributed by atoms with van der Waals surface area (Å²) in [5.41, 5.74) is 6.92. The van der Waals surface area contributed by atoms with Gasteiger partial charge in [0.15, 0.2) is 12.1 Å². The number of azo groups is 2. The van der Waals surface area contributed by atoms with Crippen molar-refractivity contribution in [1.29, 1.82) is 0 Å². The number of aryl methyl sites for hydroxylation is 2. The van der Waals surface area contributed by atoms with Crippen molar-refractivity contribution in [3.05, 3.63) is 137 Å². The predicted octanol–water partition coefficient (Wildman–Crippen LogP) is 7.74. The number of methoxy groups -OCH3 is 1. The molecular formula is C42H38N8O9S2. The molecule has 0 saturated heterocycles. The zero-order valence-corrected chi connectivity index (χ0v) is 34.9. The van der Waals surface area contributed by atoms with Crippen LogP contribution in [-0.2, 0) is 29.8 Å². The van der Waals surface area contributed by atoms with E-state index in [1.54, 1.807) is 21.0 Å². The number of amides is 2. The Labute approximate surface area is 351 Å². The molecule has 2 amide bonds. The zero-order valence-electron chi connectivity index (χ0n) is 33.3. The summed E-state index contributed by atoms with van der Waals surface area (Å²) in [4.78, 5) is 26.0. The van der Waals surface area contributed by atoms with Gasteiger partial charge in [0.2, 0.25) is 0 Å². The summed E-state index contributed by atoms with van der Waals surface area (Å²) < 4.78 is 69.8. The molecule has 2 N–H and O–H groups in total. The van der Waals surface area contributed by atoms with E-state index in [-0.39, 0.29) is 15.7 Å². The normalized spacial score (nSPS) is 17.7. The van der Waals surface area contributed by atoms with Crippen LogP contribution in [0.4, 0.5) is 22.7 Å². The monoisotopic (exact) mass is 862 g/mol. The number of hydrazone groups is 2. The maximum Gasteiger partial charge on any atom is 0.294 e. The van der Waals surface area contributed by atoms with Crippen molar-refractivity contribution in [3.8, 4) is 5.75 Å². The van der Waals surface area contributed by atoms with E-state index in [0.717, 1.165) is 37.8 Å². The van der Waals surface area contributed by atoms with Gasteiger partial charge in [-0.3, -0.25) is 18.7 Å². The van der Waals surface area contributed by atoms with Crippen LogP contribution in [0, 0.1) is 13.8 Å². The minimum absolute atomic E-state index is 0.251. The molecule has 0 bridgehead atoms. The number of carbonyl (C=O) groups excluding carboxylic acids is 2. The lowest BCUT2D eigenvalue weighted by molar-refractivity contribution is -0.118. The first-order valence-corrected chi connectivity index (χ1v) is 21.4. The Morgan fingerprint density at radius 2 is 0.951 bits per heavy atom. The van der Waals surface area contributed by atoms with Gasteiger partial charge in [-0.1, -0.05) is 36.4 Å². The van der Waals surface area contributed by atoms with Crippen molar-refractivity contribution in [2.75, 3.05) is 17.1 Å². The molecule has 7 rings (SSSR count). The number of hydrogen-bond donors (Lipinski definition) is 2. The minimum atomic E-state index is -4.40. The van der Waals surface area contributed by atoms with Crippen molar-refractivity contribution in [3.63, 3.8) is 0 Å². The molecule has 2 aliphatic rings. The van der Waals surface area contributed by atoms with Crippen LogP contribution >= 0.6 is 0 Å². The number of anilines is 2. The molecule has 0 aromatic heterocycles. The molecule has 0 spiro atoms. The van der Waals surface area contributed by atoms with Gasteiger partial charge in [-0.2, -0.15) is 57.5 Å². The number of ether oxygens (including phenoxy) is 1. The van der Waals surface area contributed by atoms with E-state index in [1.807, 2.05) is 74.5 Å². The molecule has 0 saturated carbocycles. The van der Waals surface area contributed by atoms with E-state index in [4.69, 9.17) is 4.74 Å². The van der Waals surface area contributed by atoms with Gasteiger partial charge in [0, 0.05) is 5.92 Å². The molecule has 0 fully saturated rings. The number of carbonyl (C=O) groups is 2. The van der Waals surface area contributed by atoms with Crippen molar-refractivity contribution in [2.24, 2.45) is 30.7 Å². The van der Waals surface area contributed by atoms with E-state index in [0.29, 0.717) is 39.9 Å². The Bertz CT molecular complexity index is 2720. The molecule has 2 aliphatic heterocycles. The van der Waals surface area contributed by atoms with Gasteiger partial charge in [-0.15, -0.1) is 0 Å². The second-order valence-electron chi connectivity index (χ2n) is 14.3. The van der Waals surface area contributed by atoms with Crippen LogP contribution in [0.1, 0.15) is 47.6 Å². The molecule has 5 aromatic rings. The van der Waals surface area contributed by atoms with Crippen LogP contribution in [0.25, 0.3) is 0 Å². The Kier molecular flexibility index (Phi) is 11.6. The van der Waals surface area contributed by atoms with E-state index in [2.05, 4.69) is 30.7 Å². The SMILES string of the molecule is COc1ccc(C(c2ccc(N=NC3C(=O)N(c4ccc(S(=O)(=O)O)cc4)N=C3C)c(C)c2)c2ccc(N=NC3C(=O)N(c4ccc(S(=O)(=O)O)cc4)N=C3C)c(C)c2)cc1. The zero-order chi connectivity index (χ0) is 43.8. The van der Waals surface area contributed by atoms with Crippen LogP contribution in [0.15, 0.2) is 150 Å². The summed E-state index contributed by atoms with van der Waals surface area (Å²) in [7, 11) is -7.21. The van der Waals surface area contributed by atoms with Crippen LogP contribution in [-0.4, -0.2) is 68.4 Å². The first-order chi connectivity index (χ1) is 28.9. The molecule has 5 aromatic carbocycles. The fourth-order valence-corrected chi connectivity index (χ4v) is 7.78. The standard InChI is InChI=1S/C42H38N8O9S2/c1-24-22-29(8-20-36(24)43-45-39-26(3)47-49(41(39)51)31-10-16-34(17-11-31)60(53,54)55)38(28-6-14-33(59-5)15-7-28)30-9-21-37(25(2)23-30)44-46-40-27(4)48-50(42(40)52)32-12-18-35(19-13-32)61(56,57)58/h6-23,38-40H,1-5H3,(H,53,54,55)(H,56,57,58). The fraction of sp³-hybridized carbons (Fsp3) is 0.190. The maximum atomic E-state index is 13.3. The third-order valence-electron chi connectivity index (χ3n) is 10.1. The third kappa shape index (κ3) is 8.90. The van der Waals surface area contributed by atoms with E-state index < -0.39 is 44.1 Å². The number of rotatable bonds is 12. The van der Waals surface area contributed by atoms with Crippen LogP contribution in [0.3, 0.4) is 0 Å². The second-order valence-corrected chi connectivity index (χ2v) is 17.1. The van der Waals surface area contributed by atoms with Gasteiger partial charge < -0.3 is 4.74 Å². The Morgan fingerprint density at radius 3 is 1.30 bits per heavy atom. The third-order valence-corrected chi connectivity index (χ3v) is 11.8. The van der Waals surface area contributed by atoms with Crippen molar-refractivity contribution >= 4 is 66.2 Å². The summed E-state index contributed by atoms with van der Waals surface area (Å²) in [6.07, 6.45) is 0. The average Bonchev–Trinajstić information content (AvgIpc) is 3.68. The van der Waals surface area contributed by atoms with Crippen molar-refractivity contribution in [2.45, 2.75) is 55.5 Å². The van der Waals surface area contributed by atoms with E-state index >= 15 is 0 Å². The molecular weight excluding hydrogens is 825 g/mol. The van der Waals surface area contributed by atoms with Crippen LogP contribution < -0.4 is 14.8 Å². The summed E-state index contributed by atoms with van der Waals surface area (Å²) in [5, 5.41) is 28.4. The van der Waals surface area contributed by atoms with Gasteiger partial charge in [-0.05, 0) is 128 Å². The van der Waals surface area contributed by atoms with Gasteiger partial charge in [0.1, 0.15) is 5.75 Å². The Hall–Kier alpha value is -6.80. The largest absolute Gasteiger partial charge is 0.497 e. The lowest BCUT2D eigenvalue weighted by atomic mass is 9.83. The lowest BCUT2D eigenvalue weighted by Crippen LogP contribution is -2.29. The molecule has 17 nitrogen and oxygen atoms in total. The average molecular weight is 863 g/mol. The first-order valence-electron chi connectivity index (χ1n) is 18.5. The minimum Gasteiger partial charge on any atom is -0.497 e. The summed E-state index contributed by atoms with van der Waals surface area (Å²) in [6, 6.07) is 27.5. The predicted molar refractivity (Wildman–Crippen MR) is 227 cm³/mol. The Morgan fingerprint density at radius 1 is 0.574 bits per heavy atom. The lowest BCUT2D eigenvalue weighted by Gasteiger charge is -2.21. The number of nitrogens with zero attached hydrogens (tertiary/aromatic N) is 8. The van der Waals surface area contributed by atoms with Gasteiger partial charge in [-0.25, -0.2) is 0 Å². The number of hydrogen-bond acceptors (Lipinski definition) is 13. The molecule has 61 heavy (non-hydrogen) atoms. The molecule has 19 heteroatoms. The quantitative estimate of drug-likeness (QED) is 0.0708. The smallest absolute Gasteiger partial charge is 0.294 e. The summed E-state index contributed by atoms with van der Waals surface area (Å²) >= 11 is 0. The van der Waals surface area contributed by atoms with Crippen molar-refractivity contribution in [1.82, 2.24) is 0 Å². The summed E-state index contributed by atoms with van der Waals surface area (Å²) in [5.74, 6) is -0.498. The topological polar surface area (TPSA) is 233 Å². The fourth-order valence-electron chi connectivity index (χ4n) is 6.82. The molecule has 312 valence electrons. The molecule has 2 heterocycles. The van der Waals surface area contributed by atoms with E-state index in [9.17, 15) is 35.5 Å². The molecule has 0 aliphatic carbocycles. The highest BCUT2D eigenvalue weighted by molar-refractivity contribution is 7.86. The first kappa shape index (κ1) is 42.3.